The van der Waals surface area contributed by atoms with Gasteiger partial charge < -0.3 is 14.8 Å². The van der Waals surface area contributed by atoms with E-state index in [-0.39, 0.29) is 24.8 Å². The highest BCUT2D eigenvalue weighted by Crippen LogP contribution is 2.35. The highest BCUT2D eigenvalue weighted by Gasteiger charge is 2.31. The Hall–Kier alpha value is -2.24. The van der Waals surface area contributed by atoms with Crippen LogP contribution >= 0.6 is 0 Å². The van der Waals surface area contributed by atoms with E-state index in [0.717, 1.165) is 24.2 Å². The number of rotatable bonds is 4. The minimum Gasteiger partial charge on any atom is -0.454 e. The Morgan fingerprint density at radius 1 is 1.38 bits per heavy atom. The molecule has 1 aromatic rings. The summed E-state index contributed by atoms with van der Waals surface area (Å²) >= 11 is 0. The van der Waals surface area contributed by atoms with Crippen LogP contribution in [0.4, 0.5) is 4.79 Å². The van der Waals surface area contributed by atoms with E-state index in [1.165, 1.54) is 4.90 Å². The van der Waals surface area contributed by atoms with Crippen LogP contribution in [0.15, 0.2) is 18.2 Å². The first-order chi connectivity index (χ1) is 10.2. The van der Waals surface area contributed by atoms with E-state index in [4.69, 9.17) is 9.47 Å². The second-order valence-corrected chi connectivity index (χ2v) is 5.20. The largest absolute Gasteiger partial charge is 0.454 e. The van der Waals surface area contributed by atoms with Gasteiger partial charge in [-0.3, -0.25) is 9.69 Å². The molecule has 1 aromatic carbocycles. The molecule has 0 aliphatic carbocycles. The van der Waals surface area contributed by atoms with E-state index in [1.807, 2.05) is 18.2 Å². The zero-order chi connectivity index (χ0) is 14.8. The van der Waals surface area contributed by atoms with Gasteiger partial charge in [0.05, 0.1) is 6.04 Å². The molecule has 0 aromatic heterocycles. The second kappa shape index (κ2) is 5.63. The molecule has 2 heterocycles. The van der Waals surface area contributed by atoms with Gasteiger partial charge in [-0.05, 0) is 24.1 Å². The predicted octanol–water partition coefficient (Wildman–Crippen LogP) is 2.20. The summed E-state index contributed by atoms with van der Waals surface area (Å²) < 4.78 is 10.7. The Bertz CT molecular complexity index is 573. The molecule has 0 radical (unpaired) electrons. The normalized spacial score (nSPS) is 17.4. The number of hydrogen-bond acceptors (Lipinski definition) is 4. The summed E-state index contributed by atoms with van der Waals surface area (Å²) in [5.74, 6) is 1.30. The van der Waals surface area contributed by atoms with Crippen molar-refractivity contribution >= 4 is 11.9 Å². The van der Waals surface area contributed by atoms with Gasteiger partial charge in [0.15, 0.2) is 11.5 Å². The molecule has 0 bridgehead atoms. The van der Waals surface area contributed by atoms with Gasteiger partial charge in [0.1, 0.15) is 0 Å². The van der Waals surface area contributed by atoms with Crippen molar-refractivity contribution in [3.8, 4) is 11.5 Å². The number of imide groups is 1. The zero-order valence-electron chi connectivity index (χ0n) is 11.9. The minimum absolute atomic E-state index is 0.117. The maximum atomic E-state index is 12.1. The van der Waals surface area contributed by atoms with Gasteiger partial charge in [-0.2, -0.15) is 0 Å². The van der Waals surface area contributed by atoms with E-state index in [1.54, 1.807) is 0 Å². The summed E-state index contributed by atoms with van der Waals surface area (Å²) in [4.78, 5) is 24.6. The van der Waals surface area contributed by atoms with Gasteiger partial charge in [0, 0.05) is 13.0 Å². The molecule has 3 amide bonds. The topological polar surface area (TPSA) is 67.9 Å². The number of urea groups is 1. The SMILES string of the molecule is CCCC(NC(=O)N1CCC1=O)c1ccc2c(c1)OCO2. The van der Waals surface area contributed by atoms with Gasteiger partial charge in [0.2, 0.25) is 12.7 Å². The third-order valence-electron chi connectivity index (χ3n) is 3.77. The lowest BCUT2D eigenvalue weighted by atomic mass is 10.0. The maximum Gasteiger partial charge on any atom is 0.324 e. The third kappa shape index (κ3) is 2.66. The number of nitrogens with one attached hydrogen (secondary N) is 1. The summed E-state index contributed by atoms with van der Waals surface area (Å²) in [5.41, 5.74) is 0.961. The van der Waals surface area contributed by atoms with Crippen LogP contribution in [0.25, 0.3) is 0 Å². The van der Waals surface area contributed by atoms with Crippen molar-refractivity contribution in [2.75, 3.05) is 13.3 Å². The molecule has 1 atom stereocenters. The molecular formula is C15H18N2O4. The van der Waals surface area contributed by atoms with Crippen molar-refractivity contribution < 1.29 is 19.1 Å². The molecule has 0 spiro atoms. The Balaban J connectivity index is 1.74. The molecule has 3 rings (SSSR count). The Morgan fingerprint density at radius 3 is 2.86 bits per heavy atom. The number of fused-ring (bicyclic) bond motifs is 1. The van der Waals surface area contributed by atoms with Crippen molar-refractivity contribution in [3.63, 3.8) is 0 Å². The summed E-state index contributed by atoms with van der Waals surface area (Å²) in [6.07, 6.45) is 2.18. The van der Waals surface area contributed by atoms with Crippen LogP contribution in [-0.2, 0) is 4.79 Å². The van der Waals surface area contributed by atoms with Gasteiger partial charge in [-0.25, -0.2) is 4.79 Å². The molecule has 1 saturated heterocycles. The number of β-lactam (4-membered cyclic amide) rings is 1. The monoisotopic (exact) mass is 290 g/mol. The number of ether oxygens (including phenoxy) is 2. The van der Waals surface area contributed by atoms with Crippen molar-refractivity contribution in [3.05, 3.63) is 23.8 Å². The van der Waals surface area contributed by atoms with Crippen LogP contribution < -0.4 is 14.8 Å². The van der Waals surface area contributed by atoms with E-state index >= 15 is 0 Å². The fraction of sp³-hybridized carbons (Fsp3) is 0.467. The number of nitrogens with zero attached hydrogens (tertiary/aromatic N) is 1. The Morgan fingerprint density at radius 2 is 2.19 bits per heavy atom. The van der Waals surface area contributed by atoms with Crippen molar-refractivity contribution in [1.82, 2.24) is 10.2 Å². The van der Waals surface area contributed by atoms with Crippen LogP contribution in [0.5, 0.6) is 11.5 Å². The lowest BCUT2D eigenvalue weighted by Gasteiger charge is -2.30. The molecule has 1 unspecified atom stereocenters. The average molecular weight is 290 g/mol. The number of carbonyl (C=O) groups is 2. The minimum atomic E-state index is -0.317. The first-order valence-electron chi connectivity index (χ1n) is 7.19. The van der Waals surface area contributed by atoms with E-state index in [0.29, 0.717) is 18.7 Å². The molecule has 6 nitrogen and oxygen atoms in total. The Kier molecular flexibility index (Phi) is 3.68. The lowest BCUT2D eigenvalue weighted by molar-refractivity contribution is -0.135. The van der Waals surface area contributed by atoms with Gasteiger partial charge >= 0.3 is 6.03 Å². The van der Waals surface area contributed by atoms with Gasteiger partial charge in [-0.15, -0.1) is 0 Å². The molecule has 1 N–H and O–H groups in total. The van der Waals surface area contributed by atoms with E-state index < -0.39 is 0 Å². The van der Waals surface area contributed by atoms with E-state index in [9.17, 15) is 9.59 Å². The molecule has 2 aliphatic heterocycles. The standard InChI is InChI=1S/C15H18N2O4/c1-2-3-11(16-15(19)17-7-6-14(17)18)10-4-5-12-13(8-10)21-9-20-12/h4-5,8,11H,2-3,6-7,9H2,1H3,(H,16,19). The quantitative estimate of drug-likeness (QED) is 0.863. The molecular weight excluding hydrogens is 272 g/mol. The van der Waals surface area contributed by atoms with Crippen molar-refractivity contribution in [2.45, 2.75) is 32.2 Å². The summed E-state index contributed by atoms with van der Waals surface area (Å²) in [6.45, 7) is 2.79. The number of amides is 3. The smallest absolute Gasteiger partial charge is 0.324 e. The Labute approximate surface area is 123 Å². The highest BCUT2D eigenvalue weighted by molar-refractivity contribution is 5.98. The zero-order valence-corrected chi connectivity index (χ0v) is 11.9. The fourth-order valence-corrected chi connectivity index (χ4v) is 2.50. The van der Waals surface area contributed by atoms with Crippen molar-refractivity contribution in [1.29, 1.82) is 0 Å². The van der Waals surface area contributed by atoms with Crippen LogP contribution in [0, 0.1) is 0 Å². The summed E-state index contributed by atoms with van der Waals surface area (Å²) in [5, 5.41) is 2.93. The third-order valence-corrected chi connectivity index (χ3v) is 3.77. The molecule has 0 saturated carbocycles. The molecule has 21 heavy (non-hydrogen) atoms. The first kappa shape index (κ1) is 13.7. The van der Waals surface area contributed by atoms with Crippen LogP contribution in [0.2, 0.25) is 0 Å². The average Bonchev–Trinajstić information content (AvgIpc) is 2.92. The van der Waals surface area contributed by atoms with Crippen molar-refractivity contribution in [2.24, 2.45) is 0 Å². The number of carbonyl (C=O) groups excluding carboxylic acids is 2. The molecule has 6 heteroatoms. The van der Waals surface area contributed by atoms with Crippen LogP contribution in [-0.4, -0.2) is 30.2 Å². The fourth-order valence-electron chi connectivity index (χ4n) is 2.50. The number of hydrogen-bond donors (Lipinski definition) is 1. The molecule has 2 aliphatic rings. The van der Waals surface area contributed by atoms with Gasteiger partial charge in [0.25, 0.3) is 0 Å². The first-order valence-corrected chi connectivity index (χ1v) is 7.19. The highest BCUT2D eigenvalue weighted by atomic mass is 16.7. The predicted molar refractivity (Wildman–Crippen MR) is 75.1 cm³/mol. The van der Waals surface area contributed by atoms with Crippen LogP contribution in [0.3, 0.4) is 0 Å². The summed E-state index contributed by atoms with van der Waals surface area (Å²) in [6, 6.07) is 5.21. The second-order valence-electron chi connectivity index (χ2n) is 5.20. The maximum absolute atomic E-state index is 12.1. The molecule has 1 fully saturated rings. The number of likely N-dealkylation sites (tertiary alicyclic amines) is 1. The van der Waals surface area contributed by atoms with Crippen LogP contribution in [0.1, 0.15) is 37.8 Å². The summed E-state index contributed by atoms with van der Waals surface area (Å²) in [7, 11) is 0. The lowest BCUT2D eigenvalue weighted by Crippen LogP contribution is -2.52. The van der Waals surface area contributed by atoms with E-state index in [2.05, 4.69) is 12.2 Å². The molecule has 112 valence electrons. The number of benzene rings is 1. The van der Waals surface area contributed by atoms with Gasteiger partial charge in [-0.1, -0.05) is 19.4 Å².